The number of rotatable bonds is 6. The minimum atomic E-state index is 0.716. The molecule has 0 radical (unpaired) electrons. The molecule has 1 N–H and O–H groups in total. The molecule has 2 rings (SSSR count). The van der Waals surface area contributed by atoms with Gasteiger partial charge in [-0.2, -0.15) is 0 Å². The monoisotopic (exact) mass is 266 g/mol. The fourth-order valence-corrected chi connectivity index (χ4v) is 2.62. The van der Waals surface area contributed by atoms with Gasteiger partial charge < -0.3 is 10.2 Å². The minimum Gasteiger partial charge on any atom is -0.314 e. The van der Waals surface area contributed by atoms with E-state index in [1.807, 2.05) is 12.1 Å². The standard InChI is InChI=1S/C15H23ClN2/c1-18(2)9-3-8-17-15-10-13(11-15)12-4-6-14(16)7-5-12/h4-7,13,15,17H,3,8-11H2,1-2H3. The average Bonchev–Trinajstić information content (AvgIpc) is 2.28. The second-order valence-corrected chi connectivity index (χ2v) is 5.96. The molecule has 1 aromatic rings. The largest absolute Gasteiger partial charge is 0.314 e. The van der Waals surface area contributed by atoms with E-state index in [1.165, 1.54) is 31.4 Å². The van der Waals surface area contributed by atoms with Crippen molar-refractivity contribution in [1.29, 1.82) is 0 Å². The van der Waals surface area contributed by atoms with Crippen LogP contribution in [0.4, 0.5) is 0 Å². The maximum absolute atomic E-state index is 5.90. The zero-order valence-corrected chi connectivity index (χ0v) is 12.1. The summed E-state index contributed by atoms with van der Waals surface area (Å²) in [6, 6.07) is 9.03. The van der Waals surface area contributed by atoms with Crippen molar-refractivity contribution in [3.8, 4) is 0 Å². The molecule has 1 fully saturated rings. The van der Waals surface area contributed by atoms with Crippen LogP contribution in [-0.4, -0.2) is 38.1 Å². The maximum atomic E-state index is 5.90. The van der Waals surface area contributed by atoms with E-state index in [0.717, 1.165) is 17.5 Å². The number of nitrogens with one attached hydrogen (secondary N) is 1. The molecule has 0 heterocycles. The predicted octanol–water partition coefficient (Wildman–Crippen LogP) is 3.13. The molecule has 1 aromatic carbocycles. The molecular formula is C15H23ClN2. The van der Waals surface area contributed by atoms with Gasteiger partial charge in [-0.1, -0.05) is 23.7 Å². The lowest BCUT2D eigenvalue weighted by Gasteiger charge is -2.36. The topological polar surface area (TPSA) is 15.3 Å². The van der Waals surface area contributed by atoms with Gasteiger partial charge in [0.15, 0.2) is 0 Å². The Morgan fingerprint density at radius 2 is 1.89 bits per heavy atom. The Morgan fingerprint density at radius 1 is 1.22 bits per heavy atom. The summed E-state index contributed by atoms with van der Waals surface area (Å²) in [5, 5.41) is 4.46. The lowest BCUT2D eigenvalue weighted by atomic mass is 9.76. The van der Waals surface area contributed by atoms with E-state index >= 15 is 0 Å². The first kappa shape index (κ1) is 13.9. The summed E-state index contributed by atoms with van der Waals surface area (Å²) < 4.78 is 0. The van der Waals surface area contributed by atoms with Gasteiger partial charge in [-0.3, -0.25) is 0 Å². The van der Waals surface area contributed by atoms with Crippen molar-refractivity contribution in [1.82, 2.24) is 10.2 Å². The van der Waals surface area contributed by atoms with Crippen molar-refractivity contribution in [3.63, 3.8) is 0 Å². The van der Waals surface area contributed by atoms with Crippen molar-refractivity contribution < 1.29 is 0 Å². The Balaban J connectivity index is 1.63. The molecule has 18 heavy (non-hydrogen) atoms. The molecular weight excluding hydrogens is 244 g/mol. The Kier molecular flexibility index (Phi) is 5.04. The summed E-state index contributed by atoms with van der Waals surface area (Å²) in [7, 11) is 4.25. The van der Waals surface area contributed by atoms with E-state index in [0.29, 0.717) is 6.04 Å². The van der Waals surface area contributed by atoms with Crippen molar-refractivity contribution in [2.75, 3.05) is 27.2 Å². The van der Waals surface area contributed by atoms with Crippen LogP contribution < -0.4 is 5.32 Å². The van der Waals surface area contributed by atoms with E-state index in [2.05, 4.69) is 36.4 Å². The molecule has 0 atom stereocenters. The molecule has 3 heteroatoms. The fraction of sp³-hybridized carbons (Fsp3) is 0.600. The molecule has 1 aliphatic carbocycles. The Bertz CT molecular complexity index is 355. The number of hydrogen-bond acceptors (Lipinski definition) is 2. The summed E-state index contributed by atoms with van der Waals surface area (Å²) in [5.74, 6) is 0.730. The van der Waals surface area contributed by atoms with E-state index in [1.54, 1.807) is 0 Å². The summed E-state index contributed by atoms with van der Waals surface area (Å²) in [6.07, 6.45) is 3.77. The van der Waals surface area contributed by atoms with Gasteiger partial charge in [0, 0.05) is 11.1 Å². The van der Waals surface area contributed by atoms with Gasteiger partial charge in [-0.05, 0) is 70.1 Å². The summed E-state index contributed by atoms with van der Waals surface area (Å²) in [4.78, 5) is 2.24. The number of halogens is 1. The first-order chi connectivity index (χ1) is 8.65. The van der Waals surface area contributed by atoms with Crippen molar-refractivity contribution >= 4 is 11.6 Å². The van der Waals surface area contributed by atoms with Gasteiger partial charge in [-0.25, -0.2) is 0 Å². The van der Waals surface area contributed by atoms with Gasteiger partial charge in [0.25, 0.3) is 0 Å². The Hall–Kier alpha value is -0.570. The van der Waals surface area contributed by atoms with Gasteiger partial charge in [0.2, 0.25) is 0 Å². The Morgan fingerprint density at radius 3 is 2.50 bits per heavy atom. The SMILES string of the molecule is CN(C)CCCNC1CC(c2ccc(Cl)cc2)C1. The third-order valence-corrected chi connectivity index (χ3v) is 3.95. The Labute approximate surface area is 115 Å². The highest BCUT2D eigenvalue weighted by Crippen LogP contribution is 2.37. The fourth-order valence-electron chi connectivity index (χ4n) is 2.49. The van der Waals surface area contributed by atoms with Crippen LogP contribution in [0.5, 0.6) is 0 Å². The molecule has 0 aromatic heterocycles. The van der Waals surface area contributed by atoms with Crippen molar-refractivity contribution in [3.05, 3.63) is 34.9 Å². The lowest BCUT2D eigenvalue weighted by molar-refractivity contribution is 0.284. The molecule has 1 saturated carbocycles. The first-order valence-corrected chi connectivity index (χ1v) is 7.16. The molecule has 2 nitrogen and oxygen atoms in total. The third-order valence-electron chi connectivity index (χ3n) is 3.69. The molecule has 0 bridgehead atoms. The van der Waals surface area contributed by atoms with Crippen LogP contribution in [0.3, 0.4) is 0 Å². The molecule has 0 unspecified atom stereocenters. The van der Waals surface area contributed by atoms with Crippen LogP contribution >= 0.6 is 11.6 Å². The van der Waals surface area contributed by atoms with Crippen LogP contribution in [0.2, 0.25) is 5.02 Å². The highest BCUT2D eigenvalue weighted by molar-refractivity contribution is 6.30. The van der Waals surface area contributed by atoms with E-state index in [9.17, 15) is 0 Å². The number of benzene rings is 1. The summed E-state index contributed by atoms with van der Waals surface area (Å²) >= 11 is 5.90. The van der Waals surface area contributed by atoms with E-state index < -0.39 is 0 Å². The smallest absolute Gasteiger partial charge is 0.0406 e. The normalized spacial score (nSPS) is 23.1. The van der Waals surface area contributed by atoms with Crippen LogP contribution in [0.15, 0.2) is 24.3 Å². The molecule has 100 valence electrons. The lowest BCUT2D eigenvalue weighted by Crippen LogP contribution is -2.41. The highest BCUT2D eigenvalue weighted by atomic mass is 35.5. The molecule has 0 spiro atoms. The summed E-state index contributed by atoms with van der Waals surface area (Å²) in [6.45, 7) is 2.30. The van der Waals surface area contributed by atoms with Crippen molar-refractivity contribution in [2.24, 2.45) is 0 Å². The maximum Gasteiger partial charge on any atom is 0.0406 e. The number of hydrogen-bond donors (Lipinski definition) is 1. The van der Waals surface area contributed by atoms with E-state index in [4.69, 9.17) is 11.6 Å². The van der Waals surface area contributed by atoms with Gasteiger partial charge in [0.05, 0.1) is 0 Å². The minimum absolute atomic E-state index is 0.716. The van der Waals surface area contributed by atoms with Gasteiger partial charge >= 0.3 is 0 Å². The molecule has 0 aliphatic heterocycles. The summed E-state index contributed by atoms with van der Waals surface area (Å²) in [5.41, 5.74) is 1.44. The molecule has 0 amide bonds. The average molecular weight is 267 g/mol. The van der Waals surface area contributed by atoms with Crippen LogP contribution in [0.25, 0.3) is 0 Å². The second-order valence-electron chi connectivity index (χ2n) is 5.53. The highest BCUT2D eigenvalue weighted by Gasteiger charge is 2.29. The van der Waals surface area contributed by atoms with E-state index in [-0.39, 0.29) is 0 Å². The molecule has 0 saturated heterocycles. The van der Waals surface area contributed by atoms with Crippen LogP contribution in [-0.2, 0) is 0 Å². The second kappa shape index (κ2) is 6.55. The third kappa shape index (κ3) is 3.98. The van der Waals surface area contributed by atoms with Gasteiger partial charge in [-0.15, -0.1) is 0 Å². The van der Waals surface area contributed by atoms with Crippen LogP contribution in [0.1, 0.15) is 30.7 Å². The number of nitrogens with zero attached hydrogens (tertiary/aromatic N) is 1. The quantitative estimate of drug-likeness (QED) is 0.796. The predicted molar refractivity (Wildman–Crippen MR) is 78.4 cm³/mol. The van der Waals surface area contributed by atoms with Crippen LogP contribution in [0, 0.1) is 0 Å². The van der Waals surface area contributed by atoms with Gasteiger partial charge in [0.1, 0.15) is 0 Å². The first-order valence-electron chi connectivity index (χ1n) is 6.78. The zero-order valence-electron chi connectivity index (χ0n) is 11.3. The molecule has 1 aliphatic rings. The van der Waals surface area contributed by atoms with Crippen molar-refractivity contribution in [2.45, 2.75) is 31.2 Å². The zero-order chi connectivity index (χ0) is 13.0.